The summed E-state index contributed by atoms with van der Waals surface area (Å²) in [5.41, 5.74) is 0.854. The first-order chi connectivity index (χ1) is 11.5. The smallest absolute Gasteiger partial charge is 0.306 e. The minimum atomic E-state index is -0.766. The van der Waals surface area contributed by atoms with Gasteiger partial charge in [0.1, 0.15) is 0 Å². The maximum Gasteiger partial charge on any atom is 0.306 e. The monoisotopic (exact) mass is 328 g/mol. The number of aromatic nitrogens is 1. The zero-order valence-electron chi connectivity index (χ0n) is 13.5. The highest BCUT2D eigenvalue weighted by molar-refractivity contribution is 6.06. The number of para-hydroxylation sites is 1. The lowest BCUT2D eigenvalue weighted by Gasteiger charge is -2.27. The number of carboxylic acids is 1. The molecule has 1 aliphatic rings. The molecule has 1 heterocycles. The van der Waals surface area contributed by atoms with E-state index in [0.717, 1.165) is 5.39 Å². The Balaban J connectivity index is 1.82. The number of aliphatic carboxylic acids is 1. The van der Waals surface area contributed by atoms with E-state index < -0.39 is 5.97 Å². The van der Waals surface area contributed by atoms with E-state index >= 15 is 0 Å². The van der Waals surface area contributed by atoms with Crippen LogP contribution in [-0.4, -0.2) is 27.6 Å². The fourth-order valence-corrected chi connectivity index (χ4v) is 3.35. The van der Waals surface area contributed by atoms with Crippen molar-refractivity contribution in [2.45, 2.75) is 31.7 Å². The summed E-state index contributed by atoms with van der Waals surface area (Å²) < 4.78 is 1.52. The molecule has 1 aromatic carbocycles. The number of carbonyl (C=O) groups is 2. The van der Waals surface area contributed by atoms with E-state index in [9.17, 15) is 14.4 Å². The first-order valence-electron chi connectivity index (χ1n) is 8.10. The first-order valence-corrected chi connectivity index (χ1v) is 8.10. The molecule has 0 atom stereocenters. The number of aryl methyl sites for hydroxylation is 1. The van der Waals surface area contributed by atoms with Crippen molar-refractivity contribution < 1.29 is 14.7 Å². The van der Waals surface area contributed by atoms with Gasteiger partial charge in [-0.25, -0.2) is 0 Å². The molecule has 6 nitrogen and oxygen atoms in total. The third kappa shape index (κ3) is 3.04. The molecular weight excluding hydrogens is 308 g/mol. The Morgan fingerprint density at radius 3 is 2.50 bits per heavy atom. The molecule has 2 N–H and O–H groups in total. The lowest BCUT2D eigenvalue weighted by Crippen LogP contribution is -2.39. The summed E-state index contributed by atoms with van der Waals surface area (Å²) in [5.74, 6) is -1.36. The minimum Gasteiger partial charge on any atom is -0.481 e. The Kier molecular flexibility index (Phi) is 4.38. The second-order valence-electron chi connectivity index (χ2n) is 6.33. The van der Waals surface area contributed by atoms with Crippen LogP contribution in [0.2, 0.25) is 0 Å². The molecule has 1 fully saturated rings. The van der Waals surface area contributed by atoms with Crippen molar-refractivity contribution in [3.63, 3.8) is 0 Å². The lowest BCUT2D eigenvalue weighted by molar-refractivity contribution is -0.142. The van der Waals surface area contributed by atoms with Crippen LogP contribution in [0.4, 0.5) is 0 Å². The molecule has 6 heteroatoms. The number of pyridine rings is 1. The van der Waals surface area contributed by atoms with Gasteiger partial charge in [-0.05, 0) is 31.7 Å². The van der Waals surface area contributed by atoms with E-state index in [2.05, 4.69) is 5.32 Å². The van der Waals surface area contributed by atoms with Crippen LogP contribution in [0.3, 0.4) is 0 Å². The number of nitrogens with zero attached hydrogens (tertiary/aromatic N) is 1. The molecule has 0 aliphatic heterocycles. The van der Waals surface area contributed by atoms with Crippen molar-refractivity contribution in [2.75, 3.05) is 0 Å². The molecule has 0 unspecified atom stereocenters. The van der Waals surface area contributed by atoms with Crippen molar-refractivity contribution in [1.82, 2.24) is 9.88 Å². The third-order valence-electron chi connectivity index (χ3n) is 4.81. The average molecular weight is 328 g/mol. The van der Waals surface area contributed by atoms with Gasteiger partial charge in [0.2, 0.25) is 0 Å². The van der Waals surface area contributed by atoms with Gasteiger partial charge < -0.3 is 15.0 Å². The number of amides is 1. The Hall–Kier alpha value is -2.63. The number of rotatable bonds is 3. The highest BCUT2D eigenvalue weighted by Gasteiger charge is 2.27. The van der Waals surface area contributed by atoms with Gasteiger partial charge >= 0.3 is 5.97 Å². The molecule has 0 bridgehead atoms. The van der Waals surface area contributed by atoms with Crippen molar-refractivity contribution in [1.29, 1.82) is 0 Å². The normalized spacial score (nSPS) is 20.7. The Labute approximate surface area is 139 Å². The van der Waals surface area contributed by atoms with Gasteiger partial charge in [-0.15, -0.1) is 0 Å². The van der Waals surface area contributed by atoms with Gasteiger partial charge in [0.05, 0.1) is 17.0 Å². The Bertz CT molecular complexity index is 848. The summed E-state index contributed by atoms with van der Waals surface area (Å²) in [4.78, 5) is 35.7. The number of carboxylic acid groups (broad SMARTS) is 1. The second-order valence-corrected chi connectivity index (χ2v) is 6.33. The zero-order chi connectivity index (χ0) is 17.3. The third-order valence-corrected chi connectivity index (χ3v) is 4.81. The fraction of sp³-hybridized carbons (Fsp3) is 0.389. The molecule has 2 aromatic rings. The van der Waals surface area contributed by atoms with Crippen LogP contribution in [-0.2, 0) is 11.8 Å². The first kappa shape index (κ1) is 16.2. The number of hydrogen-bond acceptors (Lipinski definition) is 3. The number of benzene rings is 1. The van der Waals surface area contributed by atoms with Crippen LogP contribution in [0.5, 0.6) is 0 Å². The van der Waals surface area contributed by atoms with Crippen LogP contribution in [0, 0.1) is 5.92 Å². The topological polar surface area (TPSA) is 88.4 Å². The second kappa shape index (κ2) is 6.47. The van der Waals surface area contributed by atoms with E-state index in [1.165, 1.54) is 10.6 Å². The van der Waals surface area contributed by atoms with Crippen molar-refractivity contribution in [3.05, 3.63) is 46.2 Å². The standard InChI is InChI=1S/C18H20N2O4/c1-20-15-5-3-2-4-13(15)14(10-16(20)21)17(22)19-12-8-6-11(7-9-12)18(23)24/h2-5,10-12H,6-9H2,1H3,(H,19,22)(H,23,24). The average Bonchev–Trinajstić information content (AvgIpc) is 2.58. The van der Waals surface area contributed by atoms with Gasteiger partial charge in [-0.2, -0.15) is 0 Å². The molecule has 1 saturated carbocycles. The predicted molar refractivity (Wildman–Crippen MR) is 90.0 cm³/mol. The lowest BCUT2D eigenvalue weighted by atomic mass is 9.86. The molecule has 0 saturated heterocycles. The molecule has 3 rings (SSSR count). The van der Waals surface area contributed by atoms with E-state index in [4.69, 9.17) is 5.11 Å². The van der Waals surface area contributed by atoms with E-state index in [0.29, 0.717) is 36.8 Å². The molecule has 24 heavy (non-hydrogen) atoms. The molecule has 1 aromatic heterocycles. The largest absolute Gasteiger partial charge is 0.481 e. The van der Waals surface area contributed by atoms with Gasteiger partial charge in [0.15, 0.2) is 0 Å². The summed E-state index contributed by atoms with van der Waals surface area (Å²) in [7, 11) is 1.68. The number of hydrogen-bond donors (Lipinski definition) is 2. The molecule has 0 radical (unpaired) electrons. The quantitative estimate of drug-likeness (QED) is 0.901. The van der Waals surface area contributed by atoms with E-state index in [1.54, 1.807) is 7.05 Å². The predicted octanol–water partition coefficient (Wildman–Crippen LogP) is 1.91. The van der Waals surface area contributed by atoms with Gasteiger partial charge in [-0.3, -0.25) is 14.4 Å². The zero-order valence-corrected chi connectivity index (χ0v) is 13.5. The van der Waals surface area contributed by atoms with Crippen molar-refractivity contribution in [2.24, 2.45) is 13.0 Å². The van der Waals surface area contributed by atoms with Crippen molar-refractivity contribution in [3.8, 4) is 0 Å². The number of nitrogens with one attached hydrogen (secondary N) is 1. The molecule has 1 amide bonds. The summed E-state index contributed by atoms with van der Waals surface area (Å²) in [6.07, 6.45) is 2.42. The summed E-state index contributed by atoms with van der Waals surface area (Å²) in [5, 5.41) is 12.7. The maximum atomic E-state index is 12.6. The minimum absolute atomic E-state index is 0.0454. The van der Waals surface area contributed by atoms with E-state index in [-0.39, 0.29) is 23.4 Å². The number of fused-ring (bicyclic) bond motifs is 1. The van der Waals surface area contributed by atoms with Crippen LogP contribution in [0.15, 0.2) is 35.1 Å². The van der Waals surface area contributed by atoms with Gasteiger partial charge in [-0.1, -0.05) is 18.2 Å². The van der Waals surface area contributed by atoms with Crippen LogP contribution in [0.1, 0.15) is 36.0 Å². The highest BCUT2D eigenvalue weighted by atomic mass is 16.4. The van der Waals surface area contributed by atoms with Crippen LogP contribution in [0.25, 0.3) is 10.9 Å². The van der Waals surface area contributed by atoms with Crippen LogP contribution >= 0.6 is 0 Å². The fourth-order valence-electron chi connectivity index (χ4n) is 3.35. The summed E-state index contributed by atoms with van der Waals surface area (Å²) >= 11 is 0. The van der Waals surface area contributed by atoms with Crippen LogP contribution < -0.4 is 10.9 Å². The summed E-state index contributed by atoms with van der Waals surface area (Å²) in [6, 6.07) is 8.62. The van der Waals surface area contributed by atoms with Crippen molar-refractivity contribution >= 4 is 22.8 Å². The Morgan fingerprint density at radius 2 is 1.83 bits per heavy atom. The van der Waals surface area contributed by atoms with Gasteiger partial charge in [0, 0.05) is 24.5 Å². The number of carbonyl (C=O) groups excluding carboxylic acids is 1. The molecule has 1 aliphatic carbocycles. The molecular formula is C18H20N2O4. The maximum absolute atomic E-state index is 12.6. The SMILES string of the molecule is Cn1c(=O)cc(C(=O)NC2CCC(C(=O)O)CC2)c2ccccc21. The Morgan fingerprint density at radius 1 is 1.17 bits per heavy atom. The van der Waals surface area contributed by atoms with Gasteiger partial charge in [0.25, 0.3) is 11.5 Å². The molecule has 0 spiro atoms. The molecule has 126 valence electrons. The highest BCUT2D eigenvalue weighted by Crippen LogP contribution is 2.25. The summed E-state index contributed by atoms with van der Waals surface area (Å²) in [6.45, 7) is 0. The van der Waals surface area contributed by atoms with E-state index in [1.807, 2.05) is 24.3 Å².